The third-order valence-corrected chi connectivity index (χ3v) is 5.97. The molecule has 0 saturated heterocycles. The smallest absolute Gasteiger partial charge is 0.238 e. The summed E-state index contributed by atoms with van der Waals surface area (Å²) in [6.45, 7) is 0. The van der Waals surface area contributed by atoms with Crippen LogP contribution in [0.25, 0.3) is 0 Å². The lowest BCUT2D eigenvalue weighted by Gasteiger charge is -2.24. The number of hydrogen-bond acceptors (Lipinski definition) is 6. The van der Waals surface area contributed by atoms with E-state index >= 15 is 0 Å². The molecule has 1 aliphatic heterocycles. The average Bonchev–Trinajstić information content (AvgIpc) is 3.19. The van der Waals surface area contributed by atoms with Gasteiger partial charge in [-0.1, -0.05) is 30.3 Å². The van der Waals surface area contributed by atoms with Crippen LogP contribution in [-0.4, -0.2) is 26.3 Å². The van der Waals surface area contributed by atoms with Crippen molar-refractivity contribution in [2.45, 2.75) is 17.4 Å². The second kappa shape index (κ2) is 7.81. The Labute approximate surface area is 175 Å². The van der Waals surface area contributed by atoms with Gasteiger partial charge in [-0.05, 0) is 42.0 Å². The van der Waals surface area contributed by atoms with Crippen molar-refractivity contribution < 1.29 is 18.3 Å². The molecular formula is C22H21N3O4S. The Balaban J connectivity index is 1.76. The summed E-state index contributed by atoms with van der Waals surface area (Å²) in [5.74, 6) is 0.649. The number of aromatic hydroxyl groups is 1. The average molecular weight is 423 g/mol. The van der Waals surface area contributed by atoms with Crippen molar-refractivity contribution in [3.05, 3.63) is 83.9 Å². The molecule has 0 amide bonds. The quantitative estimate of drug-likeness (QED) is 0.654. The van der Waals surface area contributed by atoms with Crippen molar-refractivity contribution in [2.75, 3.05) is 12.1 Å². The molecule has 154 valence electrons. The van der Waals surface area contributed by atoms with Gasteiger partial charge in [0.25, 0.3) is 0 Å². The molecule has 1 unspecified atom stereocenters. The first-order valence-corrected chi connectivity index (χ1v) is 10.8. The van der Waals surface area contributed by atoms with E-state index in [-0.39, 0.29) is 16.7 Å². The molecule has 4 rings (SSSR count). The maximum absolute atomic E-state index is 11.6. The first-order valence-electron chi connectivity index (χ1n) is 9.29. The Morgan fingerprint density at radius 1 is 1.07 bits per heavy atom. The predicted molar refractivity (Wildman–Crippen MR) is 115 cm³/mol. The van der Waals surface area contributed by atoms with E-state index in [0.717, 1.165) is 17.0 Å². The number of phenolic OH excluding ortho intramolecular Hbond substituents is 1. The Morgan fingerprint density at radius 3 is 2.37 bits per heavy atom. The lowest BCUT2D eigenvalue weighted by molar-refractivity contribution is 0.407. The first-order chi connectivity index (χ1) is 14.4. The summed E-state index contributed by atoms with van der Waals surface area (Å²) in [5.41, 5.74) is 3.12. The van der Waals surface area contributed by atoms with Gasteiger partial charge in [0, 0.05) is 18.1 Å². The van der Waals surface area contributed by atoms with Crippen molar-refractivity contribution in [3.63, 3.8) is 0 Å². The van der Waals surface area contributed by atoms with Gasteiger partial charge < -0.3 is 9.84 Å². The van der Waals surface area contributed by atoms with Gasteiger partial charge in [0.1, 0.15) is 11.5 Å². The molecule has 0 radical (unpaired) electrons. The Morgan fingerprint density at radius 2 is 1.77 bits per heavy atom. The van der Waals surface area contributed by atoms with Crippen molar-refractivity contribution >= 4 is 21.4 Å². The topological polar surface area (TPSA) is 105 Å². The number of methoxy groups -OCH3 is 1. The van der Waals surface area contributed by atoms with Gasteiger partial charge in [-0.25, -0.2) is 13.6 Å². The summed E-state index contributed by atoms with van der Waals surface area (Å²) in [6, 6.07) is 21.2. The zero-order valence-electron chi connectivity index (χ0n) is 16.3. The number of sulfonamides is 1. The lowest BCUT2D eigenvalue weighted by Crippen LogP contribution is -2.19. The Hall–Kier alpha value is -3.36. The summed E-state index contributed by atoms with van der Waals surface area (Å²) in [4.78, 5) is 0.0405. The van der Waals surface area contributed by atoms with Gasteiger partial charge in [-0.15, -0.1) is 0 Å². The maximum Gasteiger partial charge on any atom is 0.238 e. The van der Waals surface area contributed by atoms with Crippen molar-refractivity contribution in [1.82, 2.24) is 0 Å². The number of ether oxygens (including phenoxy) is 1. The van der Waals surface area contributed by atoms with Gasteiger partial charge in [0.15, 0.2) is 0 Å². The molecule has 1 heterocycles. The summed E-state index contributed by atoms with van der Waals surface area (Å²) in [5, 5.41) is 22.3. The molecule has 0 aliphatic carbocycles. The van der Waals surface area contributed by atoms with E-state index in [1.807, 2.05) is 35.3 Å². The van der Waals surface area contributed by atoms with Crippen LogP contribution in [0, 0.1) is 0 Å². The number of anilines is 1. The fourth-order valence-corrected chi connectivity index (χ4v) is 4.03. The van der Waals surface area contributed by atoms with Crippen LogP contribution < -0.4 is 14.9 Å². The van der Waals surface area contributed by atoms with Crippen LogP contribution in [0.1, 0.15) is 23.6 Å². The molecule has 0 aromatic heterocycles. The van der Waals surface area contributed by atoms with Gasteiger partial charge in [-0.3, -0.25) is 5.01 Å². The Kier molecular flexibility index (Phi) is 5.19. The second-order valence-corrected chi connectivity index (χ2v) is 8.51. The van der Waals surface area contributed by atoms with Gasteiger partial charge >= 0.3 is 0 Å². The number of phenols is 1. The molecule has 30 heavy (non-hydrogen) atoms. The van der Waals surface area contributed by atoms with Crippen LogP contribution in [0.2, 0.25) is 0 Å². The zero-order valence-corrected chi connectivity index (χ0v) is 17.1. The first kappa shape index (κ1) is 19.9. The number of nitrogens with zero attached hydrogens (tertiary/aromatic N) is 2. The molecule has 0 spiro atoms. The van der Waals surface area contributed by atoms with Crippen LogP contribution in [0.4, 0.5) is 5.69 Å². The highest BCUT2D eigenvalue weighted by Gasteiger charge is 2.31. The van der Waals surface area contributed by atoms with E-state index in [0.29, 0.717) is 17.7 Å². The largest absolute Gasteiger partial charge is 0.507 e. The standard InChI is InChI=1S/C22H21N3O4S/c1-29-17-9-12-19(22(26)13-17)20-14-21(15-5-3-2-4-6-15)25(24-20)16-7-10-18(11-8-16)30(23,27)28/h2-13,21,26H,14H2,1H3,(H2,23,27,28). The number of nitrogens with two attached hydrogens (primary N) is 1. The van der Waals surface area contributed by atoms with E-state index in [1.54, 1.807) is 37.4 Å². The molecule has 0 bridgehead atoms. The number of benzene rings is 3. The number of primary sulfonamides is 1. The summed E-state index contributed by atoms with van der Waals surface area (Å²) in [6.07, 6.45) is 0.570. The maximum atomic E-state index is 11.6. The SMILES string of the molecule is COc1ccc(C2=NN(c3ccc(S(N)(=O)=O)cc3)C(c3ccccc3)C2)c(O)c1. The predicted octanol–water partition coefficient (Wildman–Crippen LogP) is 3.40. The normalized spacial score (nSPS) is 16.4. The third kappa shape index (κ3) is 3.87. The zero-order chi connectivity index (χ0) is 21.3. The minimum absolute atomic E-state index is 0.0405. The molecule has 0 fully saturated rings. The second-order valence-electron chi connectivity index (χ2n) is 6.94. The molecule has 3 aromatic rings. The van der Waals surface area contributed by atoms with Gasteiger partial charge in [-0.2, -0.15) is 5.10 Å². The van der Waals surface area contributed by atoms with E-state index in [4.69, 9.17) is 15.0 Å². The van der Waals surface area contributed by atoms with Crippen molar-refractivity contribution in [3.8, 4) is 11.5 Å². The number of hydrazone groups is 1. The number of rotatable bonds is 5. The minimum Gasteiger partial charge on any atom is -0.507 e. The lowest BCUT2D eigenvalue weighted by atomic mass is 9.97. The van der Waals surface area contributed by atoms with Gasteiger partial charge in [0.2, 0.25) is 10.0 Å². The van der Waals surface area contributed by atoms with Crippen molar-refractivity contribution in [1.29, 1.82) is 0 Å². The highest BCUT2D eigenvalue weighted by molar-refractivity contribution is 7.89. The molecule has 3 aromatic carbocycles. The van der Waals surface area contributed by atoms with Crippen LogP contribution >= 0.6 is 0 Å². The molecule has 7 nitrogen and oxygen atoms in total. The number of hydrogen-bond donors (Lipinski definition) is 2. The van der Waals surface area contributed by atoms with Crippen LogP contribution in [0.15, 0.2) is 82.8 Å². The molecule has 0 saturated carbocycles. The highest BCUT2D eigenvalue weighted by atomic mass is 32.2. The van der Waals surface area contributed by atoms with E-state index < -0.39 is 10.0 Å². The fraction of sp³-hybridized carbons (Fsp3) is 0.136. The molecule has 8 heteroatoms. The van der Waals surface area contributed by atoms with Crippen molar-refractivity contribution in [2.24, 2.45) is 10.2 Å². The summed E-state index contributed by atoms with van der Waals surface area (Å²) >= 11 is 0. The van der Waals surface area contributed by atoms with E-state index in [1.165, 1.54) is 12.1 Å². The molecule has 1 aliphatic rings. The van der Waals surface area contributed by atoms with Crippen LogP contribution in [-0.2, 0) is 10.0 Å². The highest BCUT2D eigenvalue weighted by Crippen LogP contribution is 2.38. The monoisotopic (exact) mass is 423 g/mol. The molecule has 3 N–H and O–H groups in total. The van der Waals surface area contributed by atoms with Crippen LogP contribution in [0.5, 0.6) is 11.5 Å². The van der Waals surface area contributed by atoms with E-state index in [9.17, 15) is 13.5 Å². The molecular weight excluding hydrogens is 402 g/mol. The van der Waals surface area contributed by atoms with Gasteiger partial charge in [0.05, 0.1) is 29.4 Å². The fourth-order valence-electron chi connectivity index (χ4n) is 3.52. The third-order valence-electron chi connectivity index (χ3n) is 5.04. The van der Waals surface area contributed by atoms with E-state index in [2.05, 4.69) is 0 Å². The summed E-state index contributed by atoms with van der Waals surface area (Å²) in [7, 11) is -2.23. The summed E-state index contributed by atoms with van der Waals surface area (Å²) < 4.78 is 28.3. The Bertz CT molecular complexity index is 1190. The molecule has 1 atom stereocenters. The van der Waals surface area contributed by atoms with Crippen LogP contribution in [0.3, 0.4) is 0 Å². The minimum atomic E-state index is -3.77.